The number of anilines is 1. The van der Waals surface area contributed by atoms with Crippen molar-refractivity contribution in [3.05, 3.63) is 125 Å². The third-order valence-electron chi connectivity index (χ3n) is 7.23. The van der Waals surface area contributed by atoms with E-state index in [1.54, 1.807) is 60.7 Å². The summed E-state index contributed by atoms with van der Waals surface area (Å²) in [6, 6.07) is 28.2. The summed E-state index contributed by atoms with van der Waals surface area (Å²) >= 11 is 6.54. The van der Waals surface area contributed by atoms with Crippen molar-refractivity contribution < 1.29 is 22.7 Å². The van der Waals surface area contributed by atoms with Crippen LogP contribution in [0.15, 0.2) is 108 Å². The van der Waals surface area contributed by atoms with Gasteiger partial charge in [0.25, 0.3) is 10.0 Å². The summed E-state index contributed by atoms with van der Waals surface area (Å²) in [5.41, 5.74) is 2.60. The Balaban J connectivity index is 1.83. The van der Waals surface area contributed by atoms with E-state index in [-0.39, 0.29) is 35.5 Å². The molecule has 0 unspecified atom stereocenters. The van der Waals surface area contributed by atoms with Gasteiger partial charge in [-0.25, -0.2) is 8.42 Å². The summed E-state index contributed by atoms with van der Waals surface area (Å²) in [5.74, 6) is -0.507. The molecule has 0 aliphatic rings. The standard InChI is InChI=1S/C35H38ClN3O5S/c1-25(2)37-35(41)33(21-27-11-6-5-7-12-27)38(23-28-13-8-9-16-32(28)36)34(40)24-39(29-14-10-15-30(22-29)44-4)45(42,43)31-19-17-26(3)18-20-31/h5-20,22,25,33H,21,23-24H2,1-4H3,(H,37,41)/t33-/m0/s1. The van der Waals surface area contributed by atoms with Crippen LogP contribution in [0.1, 0.15) is 30.5 Å². The van der Waals surface area contributed by atoms with Crippen molar-refractivity contribution >= 4 is 39.1 Å². The van der Waals surface area contributed by atoms with Gasteiger partial charge in [0.15, 0.2) is 0 Å². The summed E-state index contributed by atoms with van der Waals surface area (Å²) in [7, 11) is -2.74. The molecule has 0 saturated carbocycles. The number of carbonyl (C=O) groups is 2. The van der Waals surface area contributed by atoms with E-state index in [1.807, 2.05) is 51.1 Å². The normalized spacial score (nSPS) is 12.0. The average Bonchev–Trinajstić information content (AvgIpc) is 3.02. The topological polar surface area (TPSA) is 96.0 Å². The van der Waals surface area contributed by atoms with Crippen molar-refractivity contribution in [3.63, 3.8) is 0 Å². The van der Waals surface area contributed by atoms with Crippen LogP contribution in [-0.2, 0) is 32.6 Å². The van der Waals surface area contributed by atoms with Crippen molar-refractivity contribution in [2.24, 2.45) is 0 Å². The molecule has 0 aromatic heterocycles. The number of carbonyl (C=O) groups excluding carboxylic acids is 2. The van der Waals surface area contributed by atoms with E-state index >= 15 is 0 Å². The Hall–Kier alpha value is -4.34. The molecule has 0 aliphatic carbocycles. The summed E-state index contributed by atoms with van der Waals surface area (Å²) in [5, 5.41) is 3.37. The van der Waals surface area contributed by atoms with Crippen molar-refractivity contribution in [2.75, 3.05) is 18.0 Å². The second kappa shape index (κ2) is 15.1. The van der Waals surface area contributed by atoms with Crippen LogP contribution in [0.25, 0.3) is 0 Å². The number of aryl methyl sites for hydroxylation is 1. The molecule has 0 aliphatic heterocycles. The van der Waals surface area contributed by atoms with Gasteiger partial charge in [-0.2, -0.15) is 0 Å². The molecule has 0 radical (unpaired) electrons. The molecule has 0 fully saturated rings. The molecule has 4 aromatic carbocycles. The molecular weight excluding hydrogens is 610 g/mol. The lowest BCUT2D eigenvalue weighted by Gasteiger charge is -2.34. The zero-order valence-electron chi connectivity index (χ0n) is 25.8. The van der Waals surface area contributed by atoms with E-state index in [0.29, 0.717) is 16.3 Å². The number of hydrogen-bond donors (Lipinski definition) is 1. The number of sulfonamides is 1. The van der Waals surface area contributed by atoms with E-state index in [2.05, 4.69) is 5.32 Å². The fourth-order valence-corrected chi connectivity index (χ4v) is 6.48. The zero-order chi connectivity index (χ0) is 32.6. The molecular formula is C35H38ClN3O5S. The van der Waals surface area contributed by atoms with Crippen LogP contribution >= 0.6 is 11.6 Å². The van der Waals surface area contributed by atoms with Crippen LogP contribution in [0.2, 0.25) is 5.02 Å². The molecule has 0 bridgehead atoms. The van der Waals surface area contributed by atoms with Gasteiger partial charge in [0, 0.05) is 30.1 Å². The molecule has 0 heterocycles. The fourth-order valence-electron chi connectivity index (χ4n) is 4.88. The monoisotopic (exact) mass is 647 g/mol. The first-order valence-corrected chi connectivity index (χ1v) is 16.4. The number of ether oxygens (including phenoxy) is 1. The molecule has 4 aromatic rings. The lowest BCUT2D eigenvalue weighted by molar-refractivity contribution is -0.140. The third kappa shape index (κ3) is 8.65. The van der Waals surface area contributed by atoms with Crippen LogP contribution in [-0.4, -0.2) is 50.9 Å². The minimum absolute atomic E-state index is 0.0158. The van der Waals surface area contributed by atoms with Crippen molar-refractivity contribution in [3.8, 4) is 5.75 Å². The predicted molar refractivity (Wildman–Crippen MR) is 178 cm³/mol. The molecule has 1 atom stereocenters. The lowest BCUT2D eigenvalue weighted by Crippen LogP contribution is -2.54. The molecule has 10 heteroatoms. The Morgan fingerprint density at radius 3 is 2.20 bits per heavy atom. The Morgan fingerprint density at radius 2 is 1.56 bits per heavy atom. The van der Waals surface area contributed by atoms with Gasteiger partial charge in [-0.1, -0.05) is 83.9 Å². The number of rotatable bonds is 13. The Bertz CT molecular complexity index is 1710. The van der Waals surface area contributed by atoms with Gasteiger partial charge in [0.05, 0.1) is 17.7 Å². The molecule has 8 nitrogen and oxygen atoms in total. The first-order valence-electron chi connectivity index (χ1n) is 14.6. The van der Waals surface area contributed by atoms with E-state index in [1.165, 1.54) is 24.1 Å². The molecule has 236 valence electrons. The van der Waals surface area contributed by atoms with Crippen molar-refractivity contribution in [1.29, 1.82) is 0 Å². The number of hydrogen-bond acceptors (Lipinski definition) is 5. The van der Waals surface area contributed by atoms with Crippen LogP contribution in [0.3, 0.4) is 0 Å². The first-order chi connectivity index (χ1) is 21.5. The molecule has 4 rings (SSSR count). The van der Waals surface area contributed by atoms with Gasteiger partial charge in [-0.3, -0.25) is 13.9 Å². The molecule has 0 spiro atoms. The Labute approximate surface area is 270 Å². The smallest absolute Gasteiger partial charge is 0.264 e. The number of nitrogens with one attached hydrogen (secondary N) is 1. The molecule has 2 amide bonds. The molecule has 0 saturated heterocycles. The maximum absolute atomic E-state index is 14.5. The van der Waals surface area contributed by atoms with E-state index in [9.17, 15) is 18.0 Å². The van der Waals surface area contributed by atoms with Gasteiger partial charge in [0.2, 0.25) is 11.8 Å². The summed E-state index contributed by atoms with van der Waals surface area (Å²) in [6.07, 6.45) is 0.208. The van der Waals surface area contributed by atoms with Crippen molar-refractivity contribution in [2.45, 2.75) is 50.7 Å². The van der Waals surface area contributed by atoms with Crippen LogP contribution in [0.5, 0.6) is 5.75 Å². The number of amides is 2. The SMILES string of the molecule is COc1cccc(N(CC(=O)N(Cc2ccccc2Cl)[C@@H](Cc2ccccc2)C(=O)NC(C)C)S(=O)(=O)c2ccc(C)cc2)c1. The maximum Gasteiger partial charge on any atom is 0.264 e. The second-order valence-corrected chi connectivity index (χ2v) is 13.3. The van der Waals surface area contributed by atoms with Crippen LogP contribution in [0.4, 0.5) is 5.69 Å². The Kier molecular flexibility index (Phi) is 11.3. The van der Waals surface area contributed by atoms with Gasteiger partial charge < -0.3 is 15.0 Å². The van der Waals surface area contributed by atoms with E-state index < -0.39 is 28.5 Å². The molecule has 45 heavy (non-hydrogen) atoms. The fraction of sp³-hybridized carbons (Fsp3) is 0.257. The number of halogens is 1. The molecule has 1 N–H and O–H groups in total. The second-order valence-electron chi connectivity index (χ2n) is 11.0. The average molecular weight is 648 g/mol. The van der Waals surface area contributed by atoms with E-state index in [0.717, 1.165) is 15.4 Å². The number of methoxy groups -OCH3 is 1. The maximum atomic E-state index is 14.5. The highest BCUT2D eigenvalue weighted by atomic mass is 35.5. The first kappa shape index (κ1) is 33.6. The third-order valence-corrected chi connectivity index (χ3v) is 9.39. The van der Waals surface area contributed by atoms with Gasteiger partial charge in [-0.05, 0) is 62.2 Å². The highest BCUT2D eigenvalue weighted by Crippen LogP contribution is 2.28. The van der Waals surface area contributed by atoms with E-state index in [4.69, 9.17) is 16.3 Å². The zero-order valence-corrected chi connectivity index (χ0v) is 27.4. The quantitative estimate of drug-likeness (QED) is 0.192. The van der Waals surface area contributed by atoms with Gasteiger partial charge in [0.1, 0.15) is 18.3 Å². The van der Waals surface area contributed by atoms with Crippen LogP contribution < -0.4 is 14.4 Å². The van der Waals surface area contributed by atoms with Gasteiger partial charge in [-0.15, -0.1) is 0 Å². The summed E-state index contributed by atoms with van der Waals surface area (Å²) in [4.78, 5) is 29.7. The minimum atomic E-state index is -4.23. The number of nitrogens with zero attached hydrogens (tertiary/aromatic N) is 2. The van der Waals surface area contributed by atoms with Crippen LogP contribution in [0, 0.1) is 6.92 Å². The Morgan fingerprint density at radius 1 is 0.889 bits per heavy atom. The minimum Gasteiger partial charge on any atom is -0.497 e. The predicted octanol–water partition coefficient (Wildman–Crippen LogP) is 6.02. The van der Waals surface area contributed by atoms with Crippen molar-refractivity contribution in [1.82, 2.24) is 10.2 Å². The lowest BCUT2D eigenvalue weighted by atomic mass is 10.0. The highest BCUT2D eigenvalue weighted by molar-refractivity contribution is 7.92. The summed E-state index contributed by atoms with van der Waals surface area (Å²) in [6.45, 7) is 4.96. The number of benzene rings is 4. The summed E-state index contributed by atoms with van der Waals surface area (Å²) < 4.78 is 34.8. The largest absolute Gasteiger partial charge is 0.497 e. The van der Waals surface area contributed by atoms with Gasteiger partial charge >= 0.3 is 0 Å². The highest BCUT2D eigenvalue weighted by Gasteiger charge is 2.35.